The first-order valence-corrected chi connectivity index (χ1v) is 7.52. The Morgan fingerprint density at radius 3 is 2.65 bits per heavy atom. The second kappa shape index (κ2) is 7.37. The summed E-state index contributed by atoms with van der Waals surface area (Å²) in [6.07, 6.45) is 3.70. The molecule has 0 spiro atoms. The molecule has 23 heavy (non-hydrogen) atoms. The van der Waals surface area contributed by atoms with Crippen LogP contribution in [0.2, 0.25) is 5.02 Å². The van der Waals surface area contributed by atoms with E-state index in [4.69, 9.17) is 26.8 Å². The summed E-state index contributed by atoms with van der Waals surface area (Å²) in [5.41, 5.74) is 5.98. The van der Waals surface area contributed by atoms with E-state index in [-0.39, 0.29) is 17.7 Å². The van der Waals surface area contributed by atoms with Crippen molar-refractivity contribution >= 4 is 29.5 Å². The number of carbonyl (C=O) groups excluding carboxylic acids is 2. The summed E-state index contributed by atoms with van der Waals surface area (Å²) in [5, 5.41) is 0.397. The van der Waals surface area contributed by atoms with Crippen LogP contribution in [0.25, 0.3) is 6.08 Å². The molecule has 1 heterocycles. The molecule has 1 saturated heterocycles. The van der Waals surface area contributed by atoms with Crippen LogP contribution in [0.4, 0.5) is 0 Å². The van der Waals surface area contributed by atoms with Crippen molar-refractivity contribution in [1.82, 2.24) is 4.90 Å². The molecular weight excluding hydrogens is 320 g/mol. The van der Waals surface area contributed by atoms with E-state index in [1.54, 1.807) is 23.1 Å². The molecule has 124 valence electrons. The maximum absolute atomic E-state index is 12.1. The molecule has 1 aromatic carbocycles. The molecule has 1 fully saturated rings. The molecule has 2 N–H and O–H groups in total. The summed E-state index contributed by atoms with van der Waals surface area (Å²) in [4.78, 5) is 24.9. The summed E-state index contributed by atoms with van der Waals surface area (Å²) in [7, 11) is 3.02. The third-order valence-corrected chi connectivity index (χ3v) is 4.06. The standard InChI is InChI=1S/C16H19ClN2O4/c1-22-13-8-10(7-12(17)15(13)23-2)3-4-14(20)19-6-5-11(9-19)16(18)21/h3-4,7-8,11H,5-6,9H2,1-2H3,(H2,18,21)/b4-3-/t11-/m0/s1. The van der Waals surface area contributed by atoms with Gasteiger partial charge in [0.25, 0.3) is 0 Å². The monoisotopic (exact) mass is 338 g/mol. The fraction of sp³-hybridized carbons (Fsp3) is 0.375. The van der Waals surface area contributed by atoms with Crippen molar-refractivity contribution in [1.29, 1.82) is 0 Å². The Morgan fingerprint density at radius 1 is 1.35 bits per heavy atom. The first kappa shape index (κ1) is 17.1. The largest absolute Gasteiger partial charge is 0.493 e. The Hall–Kier alpha value is -2.21. The molecule has 1 aliphatic heterocycles. The number of amides is 2. The van der Waals surface area contributed by atoms with Crippen molar-refractivity contribution in [3.05, 3.63) is 28.8 Å². The van der Waals surface area contributed by atoms with Crippen molar-refractivity contribution in [3.63, 3.8) is 0 Å². The molecular formula is C16H19ClN2O4. The molecule has 0 saturated carbocycles. The average molecular weight is 339 g/mol. The predicted octanol–water partition coefficient (Wildman–Crippen LogP) is 1.70. The molecule has 6 nitrogen and oxygen atoms in total. The van der Waals surface area contributed by atoms with Crippen LogP contribution in [0.1, 0.15) is 12.0 Å². The van der Waals surface area contributed by atoms with Crippen LogP contribution < -0.4 is 15.2 Å². The summed E-state index contributed by atoms with van der Waals surface area (Å²) < 4.78 is 10.4. The van der Waals surface area contributed by atoms with E-state index >= 15 is 0 Å². The summed E-state index contributed by atoms with van der Waals surface area (Å²) in [6, 6.07) is 3.41. The van der Waals surface area contributed by atoms with Crippen molar-refractivity contribution in [2.75, 3.05) is 27.3 Å². The Bertz CT molecular complexity index is 645. The van der Waals surface area contributed by atoms with Crippen molar-refractivity contribution < 1.29 is 19.1 Å². The number of rotatable bonds is 5. The highest BCUT2D eigenvalue weighted by atomic mass is 35.5. The van der Waals surface area contributed by atoms with Gasteiger partial charge >= 0.3 is 0 Å². The Balaban J connectivity index is 2.10. The highest BCUT2D eigenvalue weighted by Gasteiger charge is 2.28. The van der Waals surface area contributed by atoms with Gasteiger partial charge < -0.3 is 20.1 Å². The number of hydrogen-bond acceptors (Lipinski definition) is 4. The molecule has 1 atom stereocenters. The van der Waals surface area contributed by atoms with E-state index in [1.807, 2.05) is 0 Å². The topological polar surface area (TPSA) is 81.9 Å². The molecule has 1 aliphatic rings. The van der Waals surface area contributed by atoms with Gasteiger partial charge in [-0.05, 0) is 30.2 Å². The summed E-state index contributed by atoms with van der Waals surface area (Å²) in [5.74, 6) is 0.141. The van der Waals surface area contributed by atoms with Gasteiger partial charge in [0.05, 0.1) is 25.2 Å². The van der Waals surface area contributed by atoms with E-state index in [2.05, 4.69) is 0 Å². The lowest BCUT2D eigenvalue weighted by molar-refractivity contribution is -0.125. The van der Waals surface area contributed by atoms with Gasteiger partial charge in [0, 0.05) is 19.2 Å². The smallest absolute Gasteiger partial charge is 0.246 e. The minimum absolute atomic E-state index is 0.167. The van der Waals surface area contributed by atoms with Gasteiger partial charge in [-0.15, -0.1) is 0 Å². The van der Waals surface area contributed by atoms with E-state index in [0.29, 0.717) is 41.6 Å². The van der Waals surface area contributed by atoms with Crippen molar-refractivity contribution in [3.8, 4) is 11.5 Å². The fourth-order valence-electron chi connectivity index (χ4n) is 2.50. The number of methoxy groups -OCH3 is 2. The second-order valence-electron chi connectivity index (χ2n) is 5.24. The maximum atomic E-state index is 12.1. The van der Waals surface area contributed by atoms with E-state index in [0.717, 1.165) is 0 Å². The van der Waals surface area contributed by atoms with Crippen LogP contribution >= 0.6 is 11.6 Å². The van der Waals surface area contributed by atoms with Crippen LogP contribution in [-0.4, -0.2) is 44.0 Å². The van der Waals surface area contributed by atoms with Crippen LogP contribution in [0.3, 0.4) is 0 Å². The molecule has 2 amide bonds. The average Bonchev–Trinajstić information content (AvgIpc) is 3.02. The zero-order chi connectivity index (χ0) is 17.0. The quantitative estimate of drug-likeness (QED) is 0.828. The van der Waals surface area contributed by atoms with Gasteiger partial charge in [-0.1, -0.05) is 11.6 Å². The number of hydrogen-bond donors (Lipinski definition) is 1. The Kier molecular flexibility index (Phi) is 5.50. The normalized spacial score (nSPS) is 17.5. The van der Waals surface area contributed by atoms with Crippen LogP contribution in [-0.2, 0) is 9.59 Å². The number of ether oxygens (including phenoxy) is 2. The molecule has 1 aromatic rings. The van der Waals surface area contributed by atoms with Gasteiger partial charge in [-0.25, -0.2) is 0 Å². The fourth-order valence-corrected chi connectivity index (χ4v) is 2.80. The number of nitrogens with zero attached hydrogens (tertiary/aromatic N) is 1. The van der Waals surface area contributed by atoms with Gasteiger partial charge in [0.1, 0.15) is 0 Å². The first-order valence-electron chi connectivity index (χ1n) is 7.14. The Morgan fingerprint density at radius 2 is 2.09 bits per heavy atom. The number of nitrogens with two attached hydrogens (primary N) is 1. The van der Waals surface area contributed by atoms with Gasteiger partial charge in [-0.3, -0.25) is 9.59 Å². The van der Waals surface area contributed by atoms with Crippen molar-refractivity contribution in [2.24, 2.45) is 11.7 Å². The zero-order valence-electron chi connectivity index (χ0n) is 13.0. The minimum atomic E-state index is -0.365. The third-order valence-electron chi connectivity index (χ3n) is 3.78. The second-order valence-corrected chi connectivity index (χ2v) is 5.65. The molecule has 0 radical (unpaired) electrons. The lowest BCUT2D eigenvalue weighted by Crippen LogP contribution is -2.30. The Labute approximate surface area is 139 Å². The van der Waals surface area contributed by atoms with Crippen LogP contribution in [0.15, 0.2) is 18.2 Å². The lowest BCUT2D eigenvalue weighted by Gasteiger charge is -2.13. The van der Waals surface area contributed by atoms with E-state index in [9.17, 15) is 9.59 Å². The van der Waals surface area contributed by atoms with Gasteiger partial charge in [0.2, 0.25) is 11.8 Å². The summed E-state index contributed by atoms with van der Waals surface area (Å²) in [6.45, 7) is 0.897. The molecule has 0 aliphatic carbocycles. The number of benzene rings is 1. The van der Waals surface area contributed by atoms with Gasteiger partial charge in [0.15, 0.2) is 11.5 Å². The van der Waals surface area contributed by atoms with Crippen molar-refractivity contribution in [2.45, 2.75) is 6.42 Å². The maximum Gasteiger partial charge on any atom is 0.246 e. The predicted molar refractivity (Wildman–Crippen MR) is 87.5 cm³/mol. The lowest BCUT2D eigenvalue weighted by atomic mass is 10.1. The zero-order valence-corrected chi connectivity index (χ0v) is 13.8. The first-order chi connectivity index (χ1) is 11.0. The molecule has 0 bridgehead atoms. The van der Waals surface area contributed by atoms with E-state index < -0.39 is 0 Å². The highest BCUT2D eigenvalue weighted by Crippen LogP contribution is 2.36. The molecule has 0 aromatic heterocycles. The number of likely N-dealkylation sites (tertiary alicyclic amines) is 1. The highest BCUT2D eigenvalue weighted by molar-refractivity contribution is 6.32. The van der Waals surface area contributed by atoms with E-state index in [1.165, 1.54) is 20.3 Å². The molecule has 7 heteroatoms. The minimum Gasteiger partial charge on any atom is -0.493 e. The van der Waals surface area contributed by atoms with Gasteiger partial charge in [-0.2, -0.15) is 0 Å². The molecule has 2 rings (SSSR count). The number of primary amides is 1. The SMILES string of the molecule is COc1cc(/C=C\C(=O)N2CC[C@H](C(N)=O)C2)cc(Cl)c1OC. The molecule has 0 unspecified atom stereocenters. The third kappa shape index (κ3) is 3.96. The summed E-state index contributed by atoms with van der Waals surface area (Å²) >= 11 is 6.12. The van der Waals surface area contributed by atoms with Crippen LogP contribution in [0.5, 0.6) is 11.5 Å². The van der Waals surface area contributed by atoms with Crippen LogP contribution in [0, 0.1) is 5.92 Å². The number of halogens is 1. The number of carbonyl (C=O) groups is 2.